The Morgan fingerprint density at radius 2 is 1.05 bits per heavy atom. The SMILES string of the molecule is CCC(C)(C)C1=[C]([Zr](=[C](c2ccc(C)cc2)c2ccc(C)cc2)[c]2c3c(cc(C(C)(C)C)c2C(C)(C)C)-c2cc(C(C)(C)C)c(C(C)(C)C)cc2C3)CC=C1. The Hall–Kier alpha value is -2.89. The first-order chi connectivity index (χ1) is 25.3. The monoisotopic (exact) mass is 808 g/mol. The van der Waals surface area contributed by atoms with E-state index in [0.717, 1.165) is 19.3 Å². The van der Waals surface area contributed by atoms with Crippen LogP contribution in [0.2, 0.25) is 0 Å². The van der Waals surface area contributed by atoms with Crippen LogP contribution < -0.4 is 3.27 Å². The second-order valence-electron chi connectivity index (χ2n) is 21.7. The van der Waals surface area contributed by atoms with Gasteiger partial charge in [-0.15, -0.1) is 0 Å². The Bertz CT molecular complexity index is 2170. The summed E-state index contributed by atoms with van der Waals surface area (Å²) in [4.78, 5) is 0. The van der Waals surface area contributed by atoms with Crippen LogP contribution in [-0.2, 0) is 49.3 Å². The van der Waals surface area contributed by atoms with Gasteiger partial charge >= 0.3 is 346 Å². The minimum absolute atomic E-state index is 0.0245. The van der Waals surface area contributed by atoms with Crippen molar-refractivity contribution in [2.24, 2.45) is 5.41 Å². The summed E-state index contributed by atoms with van der Waals surface area (Å²) in [5.74, 6) is 0. The average Bonchev–Trinajstić information content (AvgIpc) is 3.71. The zero-order valence-electron chi connectivity index (χ0n) is 37.6. The number of rotatable bonds is 6. The quantitative estimate of drug-likeness (QED) is 0.160. The molecule has 0 aromatic heterocycles. The molecule has 0 radical (unpaired) electrons. The summed E-state index contributed by atoms with van der Waals surface area (Å²) in [5, 5.41) is 0. The Labute approximate surface area is 344 Å². The van der Waals surface area contributed by atoms with Crippen molar-refractivity contribution in [3.8, 4) is 11.1 Å². The van der Waals surface area contributed by atoms with Crippen molar-refractivity contribution in [3.05, 3.63) is 143 Å². The van der Waals surface area contributed by atoms with E-state index in [2.05, 4.69) is 197 Å². The molecule has 0 unspecified atom stereocenters. The van der Waals surface area contributed by atoms with E-state index in [-0.39, 0.29) is 27.1 Å². The number of hydrogen-bond acceptors (Lipinski definition) is 0. The molecule has 55 heavy (non-hydrogen) atoms. The Morgan fingerprint density at radius 1 is 0.582 bits per heavy atom. The Balaban J connectivity index is 1.92. The van der Waals surface area contributed by atoms with Gasteiger partial charge in [-0.1, -0.05) is 0 Å². The fourth-order valence-electron chi connectivity index (χ4n) is 9.16. The first-order valence-corrected chi connectivity index (χ1v) is 24.7. The summed E-state index contributed by atoms with van der Waals surface area (Å²) < 4.78 is 5.15. The predicted molar refractivity (Wildman–Crippen MR) is 240 cm³/mol. The summed E-state index contributed by atoms with van der Waals surface area (Å²) in [5.41, 5.74) is 19.5. The van der Waals surface area contributed by atoms with Crippen LogP contribution in [0, 0.1) is 19.3 Å². The Kier molecular flexibility index (Phi) is 11.0. The zero-order chi connectivity index (χ0) is 40.6. The van der Waals surface area contributed by atoms with Crippen molar-refractivity contribution in [3.63, 3.8) is 0 Å². The molecule has 4 aromatic rings. The van der Waals surface area contributed by atoms with Crippen LogP contribution in [0.15, 0.2) is 87.7 Å². The van der Waals surface area contributed by atoms with Crippen LogP contribution >= 0.6 is 0 Å². The molecule has 0 atom stereocenters. The summed E-state index contributed by atoms with van der Waals surface area (Å²) in [7, 11) is 0. The van der Waals surface area contributed by atoms with E-state index in [0.29, 0.717) is 0 Å². The van der Waals surface area contributed by atoms with E-state index in [9.17, 15) is 0 Å². The van der Waals surface area contributed by atoms with E-state index >= 15 is 0 Å². The first-order valence-electron chi connectivity index (χ1n) is 21.0. The van der Waals surface area contributed by atoms with Crippen molar-refractivity contribution in [1.29, 1.82) is 0 Å². The van der Waals surface area contributed by atoms with Gasteiger partial charge in [0.25, 0.3) is 0 Å². The molecule has 2 aliphatic rings. The summed E-state index contributed by atoms with van der Waals surface area (Å²) in [6, 6.07) is 27.1. The predicted octanol–water partition coefficient (Wildman–Crippen LogP) is 14.2. The van der Waals surface area contributed by atoms with Gasteiger partial charge in [0.2, 0.25) is 0 Å². The van der Waals surface area contributed by atoms with Gasteiger partial charge in [0.1, 0.15) is 0 Å². The number of hydrogen-bond donors (Lipinski definition) is 0. The summed E-state index contributed by atoms with van der Waals surface area (Å²) >= 11 is -3.13. The van der Waals surface area contributed by atoms with Gasteiger partial charge in [-0.25, -0.2) is 0 Å². The van der Waals surface area contributed by atoms with Crippen molar-refractivity contribution < 1.29 is 21.3 Å². The molecule has 0 fully saturated rings. The van der Waals surface area contributed by atoms with Gasteiger partial charge < -0.3 is 0 Å². The van der Waals surface area contributed by atoms with Crippen LogP contribution in [0.5, 0.6) is 0 Å². The van der Waals surface area contributed by atoms with Crippen molar-refractivity contribution in [1.82, 2.24) is 0 Å². The average molecular weight is 810 g/mol. The van der Waals surface area contributed by atoms with E-state index < -0.39 is 21.3 Å². The summed E-state index contributed by atoms with van der Waals surface area (Å²) in [6.07, 6.45) is 8.23. The molecule has 4 aromatic carbocycles. The third-order valence-electron chi connectivity index (χ3n) is 12.5. The maximum atomic E-state index is 2.67. The third-order valence-corrected chi connectivity index (χ3v) is 20.4. The van der Waals surface area contributed by atoms with Crippen LogP contribution in [0.1, 0.15) is 172 Å². The van der Waals surface area contributed by atoms with Gasteiger partial charge in [0, 0.05) is 0 Å². The molecule has 0 heterocycles. The molecule has 0 amide bonds. The molecule has 0 bridgehead atoms. The first kappa shape index (κ1) is 41.7. The molecule has 6 rings (SSSR count). The van der Waals surface area contributed by atoms with E-state index in [1.807, 2.05) is 0 Å². The molecule has 0 nitrogen and oxygen atoms in total. The van der Waals surface area contributed by atoms with Gasteiger partial charge in [-0.3, -0.25) is 0 Å². The fourth-order valence-corrected chi connectivity index (χ4v) is 19.1. The molecule has 0 saturated heterocycles. The van der Waals surface area contributed by atoms with Gasteiger partial charge in [-0.05, 0) is 0 Å². The zero-order valence-corrected chi connectivity index (χ0v) is 40.1. The van der Waals surface area contributed by atoms with E-state index in [1.165, 1.54) is 55.6 Å². The standard InChI is InChI=1S/C29H41.C15H14.C10H15.Zr/c1-26(2,3)22-14-18-13-19-15-23(27(4,5)6)25(29(10,11)12)17-21(19)20(18)16-24(22)28(7,8)9;1-12-3-7-14(8-4-12)11-15-9-5-13(2)6-10-15;1-4-10(2,3)9-7-5-6-8-9;/h14,16-17H,13H2,1-12H3;3-10H,1-2H3;5,7H,4,6H2,1-3H3;. The number of benzene rings is 4. The maximum absolute atomic E-state index is 3.13. The van der Waals surface area contributed by atoms with Gasteiger partial charge in [0.15, 0.2) is 0 Å². The third kappa shape index (κ3) is 8.00. The molecule has 0 aliphatic heterocycles. The molecule has 0 saturated carbocycles. The van der Waals surface area contributed by atoms with Gasteiger partial charge in [-0.2, -0.15) is 0 Å². The van der Waals surface area contributed by atoms with Crippen molar-refractivity contribution in [2.75, 3.05) is 0 Å². The van der Waals surface area contributed by atoms with Crippen LogP contribution in [0.25, 0.3) is 11.1 Å². The number of fused-ring (bicyclic) bond motifs is 3. The van der Waals surface area contributed by atoms with E-state index in [1.54, 1.807) is 26.5 Å². The molecule has 2 aliphatic carbocycles. The van der Waals surface area contributed by atoms with Crippen LogP contribution in [-0.4, -0.2) is 3.21 Å². The van der Waals surface area contributed by atoms with Crippen LogP contribution in [0.3, 0.4) is 0 Å². The molecular formula is C54H70Zr. The molecule has 290 valence electrons. The molecular weight excluding hydrogens is 740 g/mol. The minimum atomic E-state index is -3.13. The summed E-state index contributed by atoms with van der Waals surface area (Å²) in [6.45, 7) is 41.1. The van der Waals surface area contributed by atoms with Crippen molar-refractivity contribution >= 4 is 6.48 Å². The number of aryl methyl sites for hydroxylation is 2. The second-order valence-corrected chi connectivity index (χ2v) is 27.4. The second kappa shape index (κ2) is 14.5. The topological polar surface area (TPSA) is 0 Å². The van der Waals surface area contributed by atoms with E-state index in [4.69, 9.17) is 0 Å². The fraction of sp³-hybridized carbons (Fsp3) is 0.463. The van der Waals surface area contributed by atoms with Crippen LogP contribution in [0.4, 0.5) is 0 Å². The normalized spacial score (nSPS) is 14.8. The molecule has 1 heteroatoms. The van der Waals surface area contributed by atoms with Crippen molar-refractivity contribution in [2.45, 2.75) is 159 Å². The number of allylic oxidation sites excluding steroid dienone is 4. The molecule has 0 N–H and O–H groups in total. The molecule has 0 spiro atoms. The Morgan fingerprint density at radius 3 is 1.51 bits per heavy atom. The van der Waals surface area contributed by atoms with Gasteiger partial charge in [0.05, 0.1) is 0 Å².